The summed E-state index contributed by atoms with van der Waals surface area (Å²) in [6.45, 7) is -0.992. The maximum Gasteiger partial charge on any atom is 0.229 e. The summed E-state index contributed by atoms with van der Waals surface area (Å²) < 4.78 is 22.3. The van der Waals surface area contributed by atoms with Crippen molar-refractivity contribution in [2.24, 2.45) is 0 Å². The Morgan fingerprint density at radius 3 is 2.19 bits per heavy atom. The van der Waals surface area contributed by atoms with E-state index in [4.69, 9.17) is 18.9 Å². The van der Waals surface area contributed by atoms with E-state index in [0.717, 1.165) is 5.56 Å². The number of rotatable bonds is 7. The summed E-state index contributed by atoms with van der Waals surface area (Å²) in [7, 11) is 0. The molecule has 2 aromatic carbocycles. The van der Waals surface area contributed by atoms with Gasteiger partial charge >= 0.3 is 0 Å². The fraction of sp³-hybridized carbons (Fsp3) is 0.440. The van der Waals surface area contributed by atoms with Crippen LogP contribution in [0.1, 0.15) is 11.1 Å². The number of benzene rings is 2. The third kappa shape index (κ3) is 6.38. The van der Waals surface area contributed by atoms with Gasteiger partial charge in [0, 0.05) is 6.07 Å². The molecule has 9 atom stereocenters. The molecule has 2 aliphatic rings. The van der Waals surface area contributed by atoms with Gasteiger partial charge in [0.15, 0.2) is 12.4 Å². The number of aliphatic hydroxyl groups excluding tert-OH is 6. The second-order valence-corrected chi connectivity index (χ2v) is 8.86. The molecule has 2 fully saturated rings. The van der Waals surface area contributed by atoms with E-state index in [1.54, 1.807) is 30.4 Å². The molecule has 0 bridgehead atoms. The van der Waals surface area contributed by atoms with Crippen molar-refractivity contribution in [2.45, 2.75) is 55.3 Å². The molecule has 0 amide bonds. The van der Waals surface area contributed by atoms with Crippen LogP contribution in [0.25, 0.3) is 12.2 Å². The Labute approximate surface area is 211 Å². The molecule has 2 saturated heterocycles. The van der Waals surface area contributed by atoms with Crippen molar-refractivity contribution in [3.8, 4) is 17.2 Å². The van der Waals surface area contributed by atoms with Gasteiger partial charge in [-0.15, -0.1) is 0 Å². The maximum atomic E-state index is 10.6. The minimum Gasteiger partial charge on any atom is -0.508 e. The van der Waals surface area contributed by atoms with Crippen LogP contribution < -0.4 is 4.74 Å². The number of hydrogen-bond acceptors (Lipinski definition) is 12. The van der Waals surface area contributed by atoms with E-state index < -0.39 is 61.9 Å². The Morgan fingerprint density at radius 2 is 1.49 bits per heavy atom. The van der Waals surface area contributed by atoms with Crippen LogP contribution in [-0.2, 0) is 14.2 Å². The molecule has 37 heavy (non-hydrogen) atoms. The van der Waals surface area contributed by atoms with Crippen LogP contribution >= 0.6 is 0 Å². The maximum absolute atomic E-state index is 10.6. The lowest BCUT2D eigenvalue weighted by molar-refractivity contribution is -0.348. The number of phenolic OH excluding ortho intramolecular Hbond substituents is 2. The van der Waals surface area contributed by atoms with Crippen LogP contribution in [0.15, 0.2) is 42.5 Å². The first-order valence-corrected chi connectivity index (χ1v) is 11.6. The predicted molar refractivity (Wildman–Crippen MR) is 126 cm³/mol. The van der Waals surface area contributed by atoms with Crippen LogP contribution in [0.3, 0.4) is 0 Å². The van der Waals surface area contributed by atoms with Crippen molar-refractivity contribution in [3.05, 3.63) is 53.6 Å². The summed E-state index contributed by atoms with van der Waals surface area (Å²) in [6, 6.07) is 10.8. The molecule has 202 valence electrons. The fourth-order valence-electron chi connectivity index (χ4n) is 4.03. The molecular weight excluding hydrogens is 492 g/mol. The van der Waals surface area contributed by atoms with Gasteiger partial charge in [0.25, 0.3) is 0 Å². The second-order valence-electron chi connectivity index (χ2n) is 8.86. The largest absolute Gasteiger partial charge is 0.508 e. The van der Waals surface area contributed by atoms with Crippen molar-refractivity contribution in [3.63, 3.8) is 0 Å². The summed E-state index contributed by atoms with van der Waals surface area (Å²) in [5.41, 5.74) is 1.34. The minimum absolute atomic E-state index is 0.126. The van der Waals surface area contributed by atoms with E-state index in [9.17, 15) is 40.9 Å². The van der Waals surface area contributed by atoms with E-state index in [0.29, 0.717) is 5.56 Å². The highest BCUT2D eigenvalue weighted by atomic mass is 16.8. The molecule has 9 unspecified atom stereocenters. The molecule has 2 heterocycles. The van der Waals surface area contributed by atoms with Crippen molar-refractivity contribution >= 4 is 12.2 Å². The number of ether oxygens (including phenoxy) is 4. The summed E-state index contributed by atoms with van der Waals surface area (Å²) in [6.07, 6.45) is -10.2. The Hall–Kier alpha value is -2.78. The summed E-state index contributed by atoms with van der Waals surface area (Å²) >= 11 is 0. The Bertz CT molecular complexity index is 1060. The van der Waals surface area contributed by atoms with Gasteiger partial charge in [0.05, 0.1) is 13.2 Å². The molecule has 0 saturated carbocycles. The molecule has 12 heteroatoms. The number of phenols is 2. The normalized spacial score (nSPS) is 34.5. The van der Waals surface area contributed by atoms with Crippen molar-refractivity contribution in [1.82, 2.24) is 0 Å². The molecule has 12 nitrogen and oxygen atoms in total. The van der Waals surface area contributed by atoms with Crippen LogP contribution in [0, 0.1) is 0 Å². The van der Waals surface area contributed by atoms with E-state index >= 15 is 0 Å². The highest BCUT2D eigenvalue weighted by molar-refractivity contribution is 5.71. The van der Waals surface area contributed by atoms with Gasteiger partial charge in [0.1, 0.15) is 53.9 Å². The lowest BCUT2D eigenvalue weighted by atomic mass is 9.99. The van der Waals surface area contributed by atoms with Crippen LogP contribution in [-0.4, -0.2) is 109 Å². The predicted octanol–water partition coefficient (Wildman–Crippen LogP) is -1.09. The van der Waals surface area contributed by atoms with Crippen molar-refractivity contribution < 1.29 is 59.8 Å². The van der Waals surface area contributed by atoms with Gasteiger partial charge in [-0.1, -0.05) is 24.3 Å². The van der Waals surface area contributed by atoms with Gasteiger partial charge in [0.2, 0.25) is 6.29 Å². The summed E-state index contributed by atoms with van der Waals surface area (Å²) in [5.74, 6) is 0.123. The third-order valence-electron chi connectivity index (χ3n) is 6.10. The van der Waals surface area contributed by atoms with Gasteiger partial charge in [-0.05, 0) is 35.4 Å². The molecular formula is C25H30O12. The number of hydrogen-bond donors (Lipinski definition) is 8. The van der Waals surface area contributed by atoms with E-state index in [1.165, 1.54) is 24.3 Å². The zero-order valence-corrected chi connectivity index (χ0v) is 19.5. The molecule has 0 spiro atoms. The molecule has 2 aliphatic heterocycles. The monoisotopic (exact) mass is 522 g/mol. The Balaban J connectivity index is 1.52. The van der Waals surface area contributed by atoms with Gasteiger partial charge < -0.3 is 59.8 Å². The third-order valence-corrected chi connectivity index (χ3v) is 6.10. The van der Waals surface area contributed by atoms with Crippen molar-refractivity contribution in [1.29, 1.82) is 0 Å². The highest BCUT2D eigenvalue weighted by Gasteiger charge is 2.49. The lowest BCUT2D eigenvalue weighted by Gasteiger charge is -2.44. The van der Waals surface area contributed by atoms with Crippen LogP contribution in [0.4, 0.5) is 0 Å². The molecule has 8 N–H and O–H groups in total. The molecule has 0 aromatic heterocycles. The van der Waals surface area contributed by atoms with Gasteiger partial charge in [-0.25, -0.2) is 0 Å². The average Bonchev–Trinajstić information content (AvgIpc) is 2.87. The first-order valence-electron chi connectivity index (χ1n) is 11.6. The quantitative estimate of drug-likeness (QED) is 0.205. The van der Waals surface area contributed by atoms with Crippen LogP contribution in [0.5, 0.6) is 17.2 Å². The van der Waals surface area contributed by atoms with E-state index in [-0.39, 0.29) is 23.9 Å². The zero-order valence-electron chi connectivity index (χ0n) is 19.5. The SMILES string of the molecule is OCC1OC(OC2C(Oc3cc(O)cc(C=Cc4ccc(O)cc4)c3)OCC(O)C2O)C(O)C(O)C1O. The van der Waals surface area contributed by atoms with Gasteiger partial charge in [-0.2, -0.15) is 0 Å². The van der Waals surface area contributed by atoms with Crippen molar-refractivity contribution in [2.75, 3.05) is 13.2 Å². The highest BCUT2D eigenvalue weighted by Crippen LogP contribution is 2.30. The standard InChI is InChI=1S/C25H30O12/c26-10-18-20(31)21(32)22(33)24(36-18)37-23-19(30)17(29)11-34-25(23)35-16-8-13(7-15(28)9-16)2-1-12-3-5-14(27)6-4-12/h1-9,17-33H,10-11H2. The molecule has 2 aromatic rings. The topological polar surface area (TPSA) is 199 Å². The van der Waals surface area contributed by atoms with Gasteiger partial charge in [-0.3, -0.25) is 0 Å². The number of aliphatic hydroxyl groups is 6. The minimum atomic E-state index is -1.75. The van der Waals surface area contributed by atoms with Crippen LogP contribution in [0.2, 0.25) is 0 Å². The molecule has 0 aliphatic carbocycles. The van der Waals surface area contributed by atoms with E-state index in [2.05, 4.69) is 0 Å². The summed E-state index contributed by atoms with van der Waals surface area (Å²) in [4.78, 5) is 0. The second kappa shape index (κ2) is 11.7. The zero-order chi connectivity index (χ0) is 26.7. The Kier molecular flexibility index (Phi) is 8.64. The molecule has 4 rings (SSSR count). The molecule has 0 radical (unpaired) electrons. The number of aromatic hydroxyl groups is 2. The summed E-state index contributed by atoms with van der Waals surface area (Å²) in [5, 5.41) is 80.0. The van der Waals surface area contributed by atoms with E-state index in [1.807, 2.05) is 0 Å². The fourth-order valence-corrected chi connectivity index (χ4v) is 4.03. The first kappa shape index (κ1) is 27.3. The Morgan fingerprint density at radius 1 is 0.784 bits per heavy atom. The smallest absolute Gasteiger partial charge is 0.229 e. The first-order chi connectivity index (χ1) is 17.7. The lowest BCUT2D eigenvalue weighted by Crippen LogP contribution is -2.63. The average molecular weight is 523 g/mol.